The first-order chi connectivity index (χ1) is 13.6. The summed E-state index contributed by atoms with van der Waals surface area (Å²) < 4.78 is 55.8. The molecule has 0 fully saturated rings. The van der Waals surface area contributed by atoms with Gasteiger partial charge in [-0.3, -0.25) is 9.54 Å². The topological polar surface area (TPSA) is 113 Å². The number of rotatable bonds is 5. The third-order valence-electron chi connectivity index (χ3n) is 3.45. The van der Waals surface area contributed by atoms with Crippen LogP contribution in [0.25, 0.3) is 0 Å². The number of benzene rings is 2. The van der Waals surface area contributed by atoms with Crippen LogP contribution in [0.15, 0.2) is 82.8 Å². The zero-order valence-corrected chi connectivity index (χ0v) is 17.9. The largest absolute Gasteiger partial charge is 0.294 e. The Hall–Kier alpha value is -2.01. The average molecular weight is 475 g/mol. The van der Waals surface area contributed by atoms with Crippen LogP contribution in [0.4, 0.5) is 0 Å². The molecule has 2 aromatic carbocycles. The first-order valence-electron chi connectivity index (χ1n) is 7.95. The standard InChI is InChI=1S/C12H11ClN2O2S.C6H5ClO3S/c13-11-1-3-12(4-2-11)18(16,17)15-9-10-5-7-14-8-6-10;7-5-1-3-6(4-2-5)11(8,9)10/h1-8,15H,9H2;1-4H,(H,8,9,10). The maximum atomic E-state index is 11.9. The summed E-state index contributed by atoms with van der Waals surface area (Å²) in [5.74, 6) is 0. The second-order valence-electron chi connectivity index (χ2n) is 5.56. The minimum atomic E-state index is -4.08. The van der Waals surface area contributed by atoms with Gasteiger partial charge in [0.05, 0.1) is 9.79 Å². The highest BCUT2D eigenvalue weighted by Crippen LogP contribution is 2.14. The van der Waals surface area contributed by atoms with Crippen LogP contribution >= 0.6 is 23.2 Å². The molecule has 0 unspecified atom stereocenters. The summed E-state index contributed by atoms with van der Waals surface area (Å²) in [6.07, 6.45) is 3.23. The molecule has 11 heteroatoms. The van der Waals surface area contributed by atoms with Gasteiger partial charge in [-0.1, -0.05) is 23.2 Å². The predicted molar refractivity (Wildman–Crippen MR) is 111 cm³/mol. The van der Waals surface area contributed by atoms with E-state index >= 15 is 0 Å². The highest BCUT2D eigenvalue weighted by Gasteiger charge is 2.13. The van der Waals surface area contributed by atoms with Crippen molar-refractivity contribution in [3.05, 3.63) is 88.7 Å². The van der Waals surface area contributed by atoms with Crippen molar-refractivity contribution in [3.63, 3.8) is 0 Å². The van der Waals surface area contributed by atoms with E-state index < -0.39 is 20.1 Å². The van der Waals surface area contributed by atoms with Crippen LogP contribution in [0.2, 0.25) is 10.0 Å². The van der Waals surface area contributed by atoms with Crippen LogP contribution in [0.1, 0.15) is 5.56 Å². The molecule has 0 atom stereocenters. The van der Waals surface area contributed by atoms with Gasteiger partial charge in [0, 0.05) is 29.0 Å². The molecule has 0 aliphatic carbocycles. The highest BCUT2D eigenvalue weighted by atomic mass is 35.5. The third-order valence-corrected chi connectivity index (χ3v) is 6.24. The molecule has 1 aromatic heterocycles. The summed E-state index contributed by atoms with van der Waals surface area (Å²) in [4.78, 5) is 3.91. The Morgan fingerprint density at radius 3 is 1.66 bits per heavy atom. The van der Waals surface area contributed by atoms with Gasteiger partial charge < -0.3 is 0 Å². The maximum Gasteiger partial charge on any atom is 0.294 e. The second-order valence-corrected chi connectivity index (χ2v) is 9.62. The Kier molecular flexibility index (Phi) is 8.14. The number of pyridine rings is 1. The lowest BCUT2D eigenvalue weighted by molar-refractivity contribution is 0.483. The van der Waals surface area contributed by atoms with E-state index in [1.807, 2.05) is 0 Å². The van der Waals surface area contributed by atoms with Crippen LogP contribution in [0.5, 0.6) is 0 Å². The van der Waals surface area contributed by atoms with Crippen molar-refractivity contribution in [1.29, 1.82) is 0 Å². The molecule has 3 rings (SSSR count). The van der Waals surface area contributed by atoms with Gasteiger partial charge in [0.1, 0.15) is 0 Å². The normalized spacial score (nSPS) is 11.4. The van der Waals surface area contributed by atoms with Gasteiger partial charge in [0.15, 0.2) is 0 Å². The van der Waals surface area contributed by atoms with Crippen LogP contribution < -0.4 is 4.72 Å². The van der Waals surface area contributed by atoms with Crippen molar-refractivity contribution in [2.24, 2.45) is 0 Å². The van der Waals surface area contributed by atoms with Crippen LogP contribution in [0, 0.1) is 0 Å². The van der Waals surface area contributed by atoms with Gasteiger partial charge in [-0.25, -0.2) is 13.1 Å². The molecule has 0 aliphatic rings. The van der Waals surface area contributed by atoms with Crippen molar-refractivity contribution < 1.29 is 21.4 Å². The minimum Gasteiger partial charge on any atom is -0.282 e. The van der Waals surface area contributed by atoms with Crippen LogP contribution in [0.3, 0.4) is 0 Å². The van der Waals surface area contributed by atoms with E-state index in [-0.39, 0.29) is 16.3 Å². The summed E-state index contributed by atoms with van der Waals surface area (Å²) in [7, 11) is -7.58. The minimum absolute atomic E-state index is 0.151. The number of aromatic nitrogens is 1. The van der Waals surface area contributed by atoms with Crippen molar-refractivity contribution >= 4 is 43.3 Å². The molecule has 0 spiro atoms. The van der Waals surface area contributed by atoms with E-state index in [2.05, 4.69) is 9.71 Å². The lowest BCUT2D eigenvalue weighted by atomic mass is 10.3. The summed E-state index contributed by atoms with van der Waals surface area (Å²) >= 11 is 11.2. The Labute approximate surface area is 179 Å². The number of nitrogens with zero attached hydrogens (tertiary/aromatic N) is 1. The fourth-order valence-electron chi connectivity index (χ4n) is 1.98. The van der Waals surface area contributed by atoms with E-state index in [0.29, 0.717) is 10.0 Å². The maximum absolute atomic E-state index is 11.9. The van der Waals surface area contributed by atoms with E-state index in [1.165, 1.54) is 36.4 Å². The molecule has 0 saturated heterocycles. The smallest absolute Gasteiger partial charge is 0.282 e. The molecular formula is C18H16Cl2N2O5S2. The molecule has 0 aliphatic heterocycles. The van der Waals surface area contributed by atoms with E-state index in [1.54, 1.807) is 36.7 Å². The van der Waals surface area contributed by atoms with E-state index in [9.17, 15) is 16.8 Å². The molecule has 7 nitrogen and oxygen atoms in total. The van der Waals surface area contributed by atoms with Crippen molar-refractivity contribution in [2.45, 2.75) is 16.3 Å². The molecule has 154 valence electrons. The van der Waals surface area contributed by atoms with E-state index in [4.69, 9.17) is 27.8 Å². The van der Waals surface area contributed by atoms with Gasteiger partial charge in [0.25, 0.3) is 10.1 Å². The lowest BCUT2D eigenvalue weighted by Crippen LogP contribution is -2.23. The number of sulfonamides is 1. The Bertz CT molecular complexity index is 1140. The number of halogens is 2. The Balaban J connectivity index is 0.000000234. The number of hydrogen-bond acceptors (Lipinski definition) is 5. The molecule has 0 saturated carbocycles. The molecule has 29 heavy (non-hydrogen) atoms. The van der Waals surface area contributed by atoms with Crippen molar-refractivity contribution in [2.75, 3.05) is 0 Å². The monoisotopic (exact) mass is 474 g/mol. The quantitative estimate of drug-likeness (QED) is 0.543. The van der Waals surface area contributed by atoms with Crippen LogP contribution in [-0.2, 0) is 26.7 Å². The molecular weight excluding hydrogens is 459 g/mol. The summed E-state index contributed by atoms with van der Waals surface area (Å²) in [6, 6.07) is 14.8. The lowest BCUT2D eigenvalue weighted by Gasteiger charge is -2.06. The van der Waals surface area contributed by atoms with Crippen LogP contribution in [-0.4, -0.2) is 26.4 Å². The molecule has 3 aromatic rings. The van der Waals surface area contributed by atoms with Gasteiger partial charge in [-0.2, -0.15) is 8.42 Å². The first kappa shape index (κ1) is 23.3. The number of nitrogens with one attached hydrogen (secondary N) is 1. The average Bonchev–Trinajstić information content (AvgIpc) is 2.68. The molecule has 0 bridgehead atoms. The fraction of sp³-hybridized carbons (Fsp3) is 0.0556. The van der Waals surface area contributed by atoms with Crippen molar-refractivity contribution in [3.8, 4) is 0 Å². The van der Waals surface area contributed by atoms with Gasteiger partial charge in [-0.05, 0) is 66.2 Å². The second kappa shape index (κ2) is 10.1. The molecule has 2 N–H and O–H groups in total. The zero-order chi connectivity index (χ0) is 21.5. The fourth-order valence-corrected chi connectivity index (χ4v) is 3.73. The Morgan fingerprint density at radius 2 is 1.21 bits per heavy atom. The molecule has 0 radical (unpaired) electrons. The SMILES string of the molecule is O=S(=O)(NCc1ccncc1)c1ccc(Cl)cc1.O=S(=O)(O)c1ccc(Cl)cc1. The first-order valence-corrected chi connectivity index (χ1v) is 11.6. The zero-order valence-electron chi connectivity index (χ0n) is 14.7. The molecule has 0 amide bonds. The van der Waals surface area contributed by atoms with Gasteiger partial charge >= 0.3 is 0 Å². The summed E-state index contributed by atoms with van der Waals surface area (Å²) in [6.45, 7) is 0.230. The van der Waals surface area contributed by atoms with Crippen molar-refractivity contribution in [1.82, 2.24) is 9.71 Å². The summed E-state index contributed by atoms with van der Waals surface area (Å²) in [5.41, 5.74) is 0.850. The molecule has 1 heterocycles. The van der Waals surface area contributed by atoms with Gasteiger partial charge in [0.2, 0.25) is 10.0 Å². The summed E-state index contributed by atoms with van der Waals surface area (Å²) in [5, 5.41) is 0.931. The predicted octanol–water partition coefficient (Wildman–Crippen LogP) is 3.80. The Morgan fingerprint density at radius 1 is 0.759 bits per heavy atom. The third kappa shape index (κ3) is 7.73. The van der Waals surface area contributed by atoms with Gasteiger partial charge in [-0.15, -0.1) is 0 Å². The highest BCUT2D eigenvalue weighted by molar-refractivity contribution is 7.89. The number of hydrogen-bond donors (Lipinski definition) is 2. The van der Waals surface area contributed by atoms with E-state index in [0.717, 1.165) is 5.56 Å².